The van der Waals surface area contributed by atoms with Crippen molar-refractivity contribution in [3.63, 3.8) is 0 Å². The van der Waals surface area contributed by atoms with Crippen molar-refractivity contribution in [3.05, 3.63) is 47.2 Å². The Hall–Kier alpha value is -1.81. The van der Waals surface area contributed by atoms with Gasteiger partial charge in [0, 0.05) is 18.9 Å². The fraction of sp³-hybridized carbons (Fsp3) is 0.357. The SMILES string of the molecule is NC1CCc2nc(Cc3cccc(O)c3)oc2C1. The lowest BCUT2D eigenvalue weighted by Gasteiger charge is -2.14. The quantitative estimate of drug-likeness (QED) is 0.844. The van der Waals surface area contributed by atoms with E-state index in [-0.39, 0.29) is 11.8 Å². The zero-order valence-electron chi connectivity index (χ0n) is 10.1. The van der Waals surface area contributed by atoms with Crippen LogP contribution in [0.3, 0.4) is 0 Å². The van der Waals surface area contributed by atoms with E-state index in [1.54, 1.807) is 12.1 Å². The van der Waals surface area contributed by atoms with Gasteiger partial charge in [-0.2, -0.15) is 0 Å². The molecule has 1 unspecified atom stereocenters. The molecule has 1 aliphatic rings. The molecular formula is C14H16N2O2. The zero-order valence-corrected chi connectivity index (χ0v) is 10.1. The van der Waals surface area contributed by atoms with Gasteiger partial charge >= 0.3 is 0 Å². The second kappa shape index (κ2) is 4.46. The Morgan fingerprint density at radius 3 is 3.17 bits per heavy atom. The van der Waals surface area contributed by atoms with Crippen LogP contribution in [0.1, 0.15) is 29.3 Å². The molecular weight excluding hydrogens is 228 g/mol. The first-order valence-corrected chi connectivity index (χ1v) is 6.21. The summed E-state index contributed by atoms with van der Waals surface area (Å²) in [5.41, 5.74) is 7.96. The number of aromatic hydroxyl groups is 1. The van der Waals surface area contributed by atoms with Crippen LogP contribution < -0.4 is 5.73 Å². The minimum absolute atomic E-state index is 0.194. The van der Waals surface area contributed by atoms with Gasteiger partial charge in [-0.15, -0.1) is 0 Å². The van der Waals surface area contributed by atoms with Gasteiger partial charge in [0.15, 0.2) is 5.89 Å². The van der Waals surface area contributed by atoms with E-state index < -0.39 is 0 Å². The average Bonchev–Trinajstić information content (AvgIpc) is 2.70. The van der Waals surface area contributed by atoms with E-state index in [0.29, 0.717) is 12.3 Å². The minimum atomic E-state index is 0.194. The van der Waals surface area contributed by atoms with Crippen molar-refractivity contribution in [1.29, 1.82) is 0 Å². The Kier molecular flexibility index (Phi) is 2.80. The first-order chi connectivity index (χ1) is 8.70. The summed E-state index contributed by atoms with van der Waals surface area (Å²) in [7, 11) is 0. The fourth-order valence-electron chi connectivity index (χ4n) is 2.37. The molecule has 1 aromatic heterocycles. The highest BCUT2D eigenvalue weighted by Gasteiger charge is 2.21. The lowest BCUT2D eigenvalue weighted by molar-refractivity contribution is 0.426. The van der Waals surface area contributed by atoms with Crippen molar-refractivity contribution in [2.75, 3.05) is 0 Å². The van der Waals surface area contributed by atoms with Crippen molar-refractivity contribution < 1.29 is 9.52 Å². The zero-order chi connectivity index (χ0) is 12.5. The standard InChI is InChI=1S/C14H16N2O2/c15-10-4-5-12-13(8-10)18-14(16-12)7-9-2-1-3-11(17)6-9/h1-3,6,10,17H,4-5,7-8,15H2. The molecule has 0 radical (unpaired) electrons. The summed E-state index contributed by atoms with van der Waals surface area (Å²) in [6, 6.07) is 7.36. The number of phenolic OH excluding ortho intramolecular Hbond substituents is 1. The summed E-state index contributed by atoms with van der Waals surface area (Å²) >= 11 is 0. The van der Waals surface area contributed by atoms with Crippen LogP contribution in [0.25, 0.3) is 0 Å². The van der Waals surface area contributed by atoms with Crippen LogP contribution in [0.15, 0.2) is 28.7 Å². The van der Waals surface area contributed by atoms with E-state index >= 15 is 0 Å². The first kappa shape index (κ1) is 11.3. The number of fused-ring (bicyclic) bond motifs is 1. The maximum Gasteiger partial charge on any atom is 0.199 e. The summed E-state index contributed by atoms with van der Waals surface area (Å²) in [4.78, 5) is 4.51. The molecule has 18 heavy (non-hydrogen) atoms. The second-order valence-corrected chi connectivity index (χ2v) is 4.83. The maximum atomic E-state index is 9.42. The van der Waals surface area contributed by atoms with Gasteiger partial charge in [0.25, 0.3) is 0 Å². The van der Waals surface area contributed by atoms with Gasteiger partial charge in [0.1, 0.15) is 11.5 Å². The lowest BCUT2D eigenvalue weighted by atomic mass is 9.98. The number of oxazole rings is 1. The summed E-state index contributed by atoms with van der Waals surface area (Å²) in [6.45, 7) is 0. The third-order valence-electron chi connectivity index (χ3n) is 3.29. The van der Waals surface area contributed by atoms with Gasteiger partial charge in [-0.05, 0) is 30.5 Å². The monoisotopic (exact) mass is 244 g/mol. The molecule has 0 aliphatic heterocycles. The summed E-state index contributed by atoms with van der Waals surface area (Å²) < 4.78 is 5.75. The summed E-state index contributed by atoms with van der Waals surface area (Å²) in [6.07, 6.45) is 3.27. The van der Waals surface area contributed by atoms with E-state index in [1.807, 2.05) is 12.1 Å². The molecule has 1 aliphatic carbocycles. The van der Waals surface area contributed by atoms with E-state index in [1.165, 1.54) is 0 Å². The molecule has 3 rings (SSSR count). The number of aryl methyl sites for hydroxylation is 1. The molecule has 0 spiro atoms. The molecule has 3 N–H and O–H groups in total. The van der Waals surface area contributed by atoms with Crippen LogP contribution in [-0.2, 0) is 19.3 Å². The highest BCUT2D eigenvalue weighted by Crippen LogP contribution is 2.23. The Bertz CT molecular complexity index is 563. The molecule has 1 aromatic carbocycles. The number of hydrogen-bond donors (Lipinski definition) is 2. The molecule has 1 atom stereocenters. The molecule has 4 heteroatoms. The molecule has 2 aromatic rings. The Balaban J connectivity index is 1.82. The van der Waals surface area contributed by atoms with Gasteiger partial charge < -0.3 is 15.3 Å². The maximum absolute atomic E-state index is 9.42. The minimum Gasteiger partial charge on any atom is -0.508 e. The number of rotatable bonds is 2. The van der Waals surface area contributed by atoms with E-state index in [9.17, 15) is 5.11 Å². The van der Waals surface area contributed by atoms with Gasteiger partial charge in [-0.25, -0.2) is 4.98 Å². The summed E-state index contributed by atoms with van der Waals surface area (Å²) in [5, 5.41) is 9.42. The number of phenols is 1. The number of nitrogens with two attached hydrogens (primary N) is 1. The van der Waals surface area contributed by atoms with Crippen LogP contribution in [0.2, 0.25) is 0 Å². The molecule has 0 amide bonds. The van der Waals surface area contributed by atoms with Crippen molar-refractivity contribution in [2.24, 2.45) is 5.73 Å². The van der Waals surface area contributed by atoms with Crippen LogP contribution in [0.5, 0.6) is 5.75 Å². The fourth-order valence-corrected chi connectivity index (χ4v) is 2.37. The second-order valence-electron chi connectivity index (χ2n) is 4.83. The van der Waals surface area contributed by atoms with Crippen LogP contribution in [-0.4, -0.2) is 16.1 Å². The third kappa shape index (κ3) is 2.24. The molecule has 4 nitrogen and oxygen atoms in total. The number of aromatic nitrogens is 1. The predicted octanol–water partition coefficient (Wildman–Crippen LogP) is 1.79. The third-order valence-corrected chi connectivity index (χ3v) is 3.29. The molecule has 0 bridgehead atoms. The Labute approximate surface area is 105 Å². The average molecular weight is 244 g/mol. The Morgan fingerprint density at radius 1 is 1.44 bits per heavy atom. The van der Waals surface area contributed by atoms with Crippen LogP contribution in [0, 0.1) is 0 Å². The van der Waals surface area contributed by atoms with Gasteiger partial charge in [0.05, 0.1) is 5.69 Å². The van der Waals surface area contributed by atoms with E-state index in [2.05, 4.69) is 4.98 Å². The van der Waals surface area contributed by atoms with Crippen molar-refractivity contribution in [1.82, 2.24) is 4.98 Å². The normalized spacial score (nSPS) is 18.6. The molecule has 0 fully saturated rings. The summed E-state index contributed by atoms with van der Waals surface area (Å²) in [5.74, 6) is 1.91. The number of hydrogen-bond acceptors (Lipinski definition) is 4. The topological polar surface area (TPSA) is 72.3 Å². The van der Waals surface area contributed by atoms with Gasteiger partial charge in [-0.3, -0.25) is 0 Å². The van der Waals surface area contributed by atoms with Gasteiger partial charge in [-0.1, -0.05) is 12.1 Å². The molecule has 94 valence electrons. The van der Waals surface area contributed by atoms with Crippen molar-refractivity contribution in [2.45, 2.75) is 31.7 Å². The van der Waals surface area contributed by atoms with E-state index in [0.717, 1.165) is 36.3 Å². The predicted molar refractivity (Wildman–Crippen MR) is 67.4 cm³/mol. The smallest absolute Gasteiger partial charge is 0.199 e. The molecule has 0 saturated carbocycles. The lowest BCUT2D eigenvalue weighted by Crippen LogP contribution is -2.27. The molecule has 0 saturated heterocycles. The Morgan fingerprint density at radius 2 is 2.33 bits per heavy atom. The van der Waals surface area contributed by atoms with Crippen molar-refractivity contribution in [3.8, 4) is 5.75 Å². The van der Waals surface area contributed by atoms with Crippen LogP contribution in [0.4, 0.5) is 0 Å². The first-order valence-electron chi connectivity index (χ1n) is 6.21. The van der Waals surface area contributed by atoms with Crippen molar-refractivity contribution >= 4 is 0 Å². The van der Waals surface area contributed by atoms with E-state index in [4.69, 9.17) is 10.2 Å². The van der Waals surface area contributed by atoms with Gasteiger partial charge in [0.2, 0.25) is 0 Å². The highest BCUT2D eigenvalue weighted by atomic mass is 16.4. The number of benzene rings is 1. The van der Waals surface area contributed by atoms with Crippen LogP contribution >= 0.6 is 0 Å². The largest absolute Gasteiger partial charge is 0.508 e. The highest BCUT2D eigenvalue weighted by molar-refractivity contribution is 5.29. The number of nitrogens with zero attached hydrogens (tertiary/aromatic N) is 1. The molecule has 1 heterocycles.